The molecular weight excluding hydrogens is 903 g/mol. The summed E-state index contributed by atoms with van der Waals surface area (Å²) in [5.41, 5.74) is 3.44. The quantitative estimate of drug-likeness (QED) is 0.0890. The Kier molecular flexibility index (Phi) is 15.5. The fourth-order valence-electron chi connectivity index (χ4n) is 9.37. The van der Waals surface area contributed by atoms with Crippen molar-refractivity contribution < 1.29 is 60.5 Å². The highest BCUT2D eigenvalue weighted by molar-refractivity contribution is 6.06. The smallest absolute Gasteiger partial charge is 0.490 e. The minimum atomic E-state index is -5.08. The summed E-state index contributed by atoms with van der Waals surface area (Å²) in [6.07, 6.45) is 4.79. The third-order valence-corrected chi connectivity index (χ3v) is 13.4. The molecule has 4 heterocycles. The molecule has 3 aliphatic heterocycles. The van der Waals surface area contributed by atoms with Crippen LogP contribution in [0.2, 0.25) is 0 Å². The number of carboxylic acids is 1. The predicted octanol–water partition coefficient (Wildman–Crippen LogP) is 7.16. The van der Waals surface area contributed by atoms with Crippen molar-refractivity contribution in [2.24, 2.45) is 11.8 Å². The summed E-state index contributed by atoms with van der Waals surface area (Å²) < 4.78 is 75.4. The first kappa shape index (κ1) is 49.5. The van der Waals surface area contributed by atoms with Crippen molar-refractivity contribution >= 4 is 52.0 Å². The summed E-state index contributed by atoms with van der Waals surface area (Å²) >= 11 is 0. The van der Waals surface area contributed by atoms with Gasteiger partial charge in [-0.25, -0.2) is 18.4 Å². The normalized spacial score (nSPS) is 19.7. The molecule has 68 heavy (non-hydrogen) atoms. The molecule has 4 fully saturated rings. The number of piperidine rings is 1. The number of benzene rings is 3. The van der Waals surface area contributed by atoms with Crippen LogP contribution >= 0.6 is 0 Å². The number of nitrogens with zero attached hydrogens (tertiary/aromatic N) is 6. The summed E-state index contributed by atoms with van der Waals surface area (Å²) in [6, 6.07) is 12.2. The number of carbonyl (C=O) groups is 5. The number of imide groups is 1. The number of aryl methyl sites for hydroxylation is 1. The topological polar surface area (TPSA) is 181 Å². The highest BCUT2D eigenvalue weighted by Gasteiger charge is 2.38. The summed E-state index contributed by atoms with van der Waals surface area (Å²) in [6.45, 7) is 8.82. The molecule has 15 nitrogen and oxygen atoms in total. The minimum absolute atomic E-state index is 0.0188. The van der Waals surface area contributed by atoms with Crippen LogP contribution in [0.4, 0.5) is 42.5 Å². The minimum Gasteiger partial charge on any atom is -0.503 e. The van der Waals surface area contributed by atoms with Gasteiger partial charge in [-0.05, 0) is 119 Å². The van der Waals surface area contributed by atoms with Crippen molar-refractivity contribution in [3.05, 3.63) is 82.8 Å². The first-order valence-corrected chi connectivity index (χ1v) is 22.8. The third-order valence-electron chi connectivity index (χ3n) is 13.4. The number of urea groups is 1. The third kappa shape index (κ3) is 11.8. The average Bonchev–Trinajstić information content (AvgIpc) is 3.76. The molecule has 5 amide bonds. The summed E-state index contributed by atoms with van der Waals surface area (Å²) in [5.74, 6) is -9.43. The van der Waals surface area contributed by atoms with E-state index in [-0.39, 0.29) is 36.7 Å². The van der Waals surface area contributed by atoms with Crippen molar-refractivity contribution in [3.8, 4) is 5.75 Å². The number of halogens is 6. The monoisotopic (exact) mass is 956 g/mol. The molecule has 4 aromatic rings. The second-order valence-corrected chi connectivity index (χ2v) is 17.9. The van der Waals surface area contributed by atoms with E-state index in [0.717, 1.165) is 114 Å². The Bertz CT molecular complexity index is 2510. The number of carboxylic acid groups (broad SMARTS) is 1. The molecule has 21 heteroatoms. The lowest BCUT2D eigenvalue weighted by molar-refractivity contribution is -0.192. The van der Waals surface area contributed by atoms with Gasteiger partial charge in [-0.2, -0.15) is 22.7 Å². The number of nitrogens with one attached hydrogen (secondary N) is 2. The molecule has 0 bridgehead atoms. The van der Waals surface area contributed by atoms with Crippen LogP contribution in [0.15, 0.2) is 48.7 Å². The number of rotatable bonds is 11. The van der Waals surface area contributed by atoms with E-state index >= 15 is 0 Å². The highest BCUT2D eigenvalue weighted by Crippen LogP contribution is 2.34. The van der Waals surface area contributed by atoms with Crippen LogP contribution in [0.25, 0.3) is 10.9 Å². The van der Waals surface area contributed by atoms with E-state index in [0.29, 0.717) is 29.8 Å². The number of alkyl halides is 3. The van der Waals surface area contributed by atoms with E-state index < -0.39 is 52.8 Å². The van der Waals surface area contributed by atoms with Gasteiger partial charge in [0, 0.05) is 87.3 Å². The van der Waals surface area contributed by atoms with Crippen LogP contribution in [0, 0.1) is 36.2 Å². The Morgan fingerprint density at radius 3 is 2.21 bits per heavy atom. The molecule has 3 saturated heterocycles. The van der Waals surface area contributed by atoms with Crippen molar-refractivity contribution in [3.63, 3.8) is 0 Å². The number of piperazine rings is 1. The molecule has 1 aliphatic carbocycles. The van der Waals surface area contributed by atoms with Crippen molar-refractivity contribution in [1.29, 1.82) is 0 Å². The standard InChI is InChI=1S/C45H53F3N8O5.C2HF3O2/c1-28-4-7-31(23-38(28)55-18-14-39(57)50-45(55)61)44(60)54-16-12-29(13-17-54)3-2-15-52-19-21-53(22-20-52)34-11-8-32-27-56(51-37(32)24-34)33-9-5-30(6-10-33)26-49-43(59)35-25-36(46)42(58)41(48)40(35)47;3-2(4,5)1(6)7/h4,7-8,11,23-25,27,29-30,33,58H,2-3,5-6,9-10,12-22,26H2,1H3,(H,49,59)(H,50,57,61);(H,6,7). The lowest BCUT2D eigenvalue weighted by Gasteiger charge is -2.36. The fourth-order valence-corrected chi connectivity index (χ4v) is 9.37. The molecule has 0 atom stereocenters. The zero-order chi connectivity index (χ0) is 48.9. The second-order valence-electron chi connectivity index (χ2n) is 17.9. The molecule has 1 aromatic heterocycles. The largest absolute Gasteiger partial charge is 0.503 e. The first-order chi connectivity index (χ1) is 32.4. The Labute approximate surface area is 388 Å². The molecule has 1 saturated carbocycles. The molecule has 8 rings (SSSR count). The summed E-state index contributed by atoms with van der Waals surface area (Å²) in [5, 5.41) is 27.4. The van der Waals surface area contributed by atoms with Gasteiger partial charge in [-0.3, -0.25) is 34.2 Å². The highest BCUT2D eigenvalue weighted by atomic mass is 19.4. The lowest BCUT2D eigenvalue weighted by atomic mass is 9.86. The SMILES string of the molecule is Cc1ccc(C(=O)N2CCC(CCCN3CCN(c4ccc5cn(C6CCC(CNC(=O)c7cc(F)c(O)c(F)c7F)CC6)nc5c4)CC3)CC2)cc1N1CCC(=O)NC1=O.O=C(O)C(F)(F)F. The van der Waals surface area contributed by atoms with Gasteiger partial charge in [0.25, 0.3) is 11.8 Å². The van der Waals surface area contributed by atoms with E-state index in [2.05, 4.69) is 44.8 Å². The number of phenols is 1. The Hall–Kier alpha value is -6.38. The number of hydrogen-bond acceptors (Lipinski definition) is 9. The number of carbonyl (C=O) groups excluding carboxylic acids is 4. The molecule has 4 N–H and O–H groups in total. The molecule has 366 valence electrons. The average molecular weight is 957 g/mol. The van der Waals surface area contributed by atoms with Gasteiger partial charge in [0.15, 0.2) is 17.4 Å². The number of aliphatic carboxylic acids is 1. The predicted molar refractivity (Wildman–Crippen MR) is 238 cm³/mol. The number of phenolic OH excluding ortho intramolecular Hbond substituents is 1. The molecule has 0 unspecified atom stereocenters. The van der Waals surface area contributed by atoms with Crippen LogP contribution in [-0.4, -0.2) is 125 Å². The van der Waals surface area contributed by atoms with E-state index in [9.17, 15) is 50.6 Å². The number of anilines is 2. The molecular formula is C47H54F6N8O7. The van der Waals surface area contributed by atoms with E-state index in [1.807, 2.05) is 28.6 Å². The number of aromatic nitrogens is 2. The number of aromatic hydroxyl groups is 1. The Morgan fingerprint density at radius 2 is 1.54 bits per heavy atom. The van der Waals surface area contributed by atoms with Gasteiger partial charge in [0.1, 0.15) is 0 Å². The number of amides is 5. The van der Waals surface area contributed by atoms with Crippen LogP contribution in [0.3, 0.4) is 0 Å². The van der Waals surface area contributed by atoms with Gasteiger partial charge < -0.3 is 25.3 Å². The molecule has 3 aromatic carbocycles. The van der Waals surface area contributed by atoms with Crippen molar-refractivity contribution in [2.45, 2.75) is 76.9 Å². The van der Waals surface area contributed by atoms with Crippen LogP contribution in [0.5, 0.6) is 5.75 Å². The van der Waals surface area contributed by atoms with Crippen molar-refractivity contribution in [2.75, 3.05) is 68.7 Å². The molecule has 4 aliphatic rings. The van der Waals surface area contributed by atoms with Crippen LogP contribution in [-0.2, 0) is 9.59 Å². The molecule has 0 radical (unpaired) electrons. The van der Waals surface area contributed by atoms with E-state index in [1.54, 1.807) is 6.07 Å². The van der Waals surface area contributed by atoms with Gasteiger partial charge in [0.05, 0.1) is 17.1 Å². The zero-order valence-corrected chi connectivity index (χ0v) is 37.5. The van der Waals surface area contributed by atoms with Crippen LogP contribution in [0.1, 0.15) is 90.1 Å². The lowest BCUT2D eigenvalue weighted by Crippen LogP contribution is -2.49. The maximum Gasteiger partial charge on any atom is 0.490 e. The van der Waals surface area contributed by atoms with Gasteiger partial charge in [-0.15, -0.1) is 0 Å². The Balaban J connectivity index is 0.000000908. The van der Waals surface area contributed by atoms with E-state index in [1.165, 1.54) is 10.6 Å². The van der Waals surface area contributed by atoms with Gasteiger partial charge in [0.2, 0.25) is 11.7 Å². The number of likely N-dealkylation sites (tertiary alicyclic amines) is 1. The maximum atomic E-state index is 14.1. The van der Waals surface area contributed by atoms with E-state index in [4.69, 9.17) is 15.0 Å². The fraction of sp³-hybridized carbons (Fsp3) is 0.489. The second kappa shape index (κ2) is 21.3. The number of hydrogen-bond donors (Lipinski definition) is 4. The Morgan fingerprint density at radius 1 is 0.853 bits per heavy atom. The maximum absolute atomic E-state index is 14.1. The van der Waals surface area contributed by atoms with Gasteiger partial charge >= 0.3 is 18.2 Å². The summed E-state index contributed by atoms with van der Waals surface area (Å²) in [4.78, 5) is 67.4. The van der Waals surface area contributed by atoms with Crippen LogP contribution < -0.4 is 20.4 Å². The molecule has 0 spiro atoms. The van der Waals surface area contributed by atoms with Gasteiger partial charge in [-0.1, -0.05) is 6.07 Å². The summed E-state index contributed by atoms with van der Waals surface area (Å²) in [7, 11) is 0. The van der Waals surface area contributed by atoms with Crippen molar-refractivity contribution in [1.82, 2.24) is 30.2 Å². The zero-order valence-electron chi connectivity index (χ0n) is 37.5. The number of fused-ring (bicyclic) bond motifs is 1. The first-order valence-electron chi connectivity index (χ1n) is 22.8.